The van der Waals surface area contributed by atoms with Crippen LogP contribution in [0.3, 0.4) is 0 Å². The topological polar surface area (TPSA) is 96.5 Å². The quantitative estimate of drug-likeness (QED) is 0.750. The zero-order valence-electron chi connectivity index (χ0n) is 10.9. The largest absolute Gasteiger partial charge is 0.452 e. The van der Waals surface area contributed by atoms with Gasteiger partial charge in [-0.25, -0.2) is 9.52 Å². The summed E-state index contributed by atoms with van der Waals surface area (Å²) in [7, 11) is -1.10. The van der Waals surface area contributed by atoms with Crippen LogP contribution in [-0.2, 0) is 14.9 Å². The highest BCUT2D eigenvalue weighted by Gasteiger charge is 2.14. The Morgan fingerprint density at radius 1 is 1.37 bits per heavy atom. The minimum atomic E-state index is -3.99. The Kier molecular flexibility index (Phi) is 5.13. The molecule has 0 spiro atoms. The van der Waals surface area contributed by atoms with Gasteiger partial charge in [0.05, 0.1) is 12.8 Å². The number of nitrogens with one attached hydrogen (secondary N) is 3. The van der Waals surface area contributed by atoms with Gasteiger partial charge in [0, 0.05) is 6.04 Å². The van der Waals surface area contributed by atoms with Gasteiger partial charge in [-0.15, -0.1) is 0 Å². The van der Waals surface area contributed by atoms with Crippen LogP contribution in [0.5, 0.6) is 0 Å². The maximum atomic E-state index is 11.6. The highest BCUT2D eigenvalue weighted by Crippen LogP contribution is 2.17. The monoisotopic (exact) mass is 287 g/mol. The molecule has 1 unspecified atom stereocenters. The van der Waals surface area contributed by atoms with E-state index in [0.29, 0.717) is 5.69 Å². The Bertz CT molecular complexity index is 545. The smallest absolute Gasteiger partial charge is 0.422 e. The molecule has 0 aliphatic carbocycles. The van der Waals surface area contributed by atoms with Crippen molar-refractivity contribution in [3.63, 3.8) is 0 Å². The second-order valence-corrected chi connectivity index (χ2v) is 5.25. The Hall–Kier alpha value is -1.80. The molecule has 0 aliphatic heterocycles. The number of carbonyl (C=O) groups excluding carboxylic acids is 1. The standard InChI is InChI=1S/C11H17N3O4S/c1-8(12-2)9-5-4-6-10(7-9)13-19(16,17)14-11(15)18-3/h4-8,12-13H,1-3H3,(H,14,15). The molecule has 0 aromatic heterocycles. The maximum absolute atomic E-state index is 11.6. The number of hydrogen-bond acceptors (Lipinski definition) is 5. The van der Waals surface area contributed by atoms with Gasteiger partial charge in [0.2, 0.25) is 0 Å². The number of anilines is 1. The summed E-state index contributed by atoms with van der Waals surface area (Å²) >= 11 is 0. The molecule has 1 rings (SSSR count). The minimum absolute atomic E-state index is 0.0815. The number of amides is 1. The van der Waals surface area contributed by atoms with E-state index in [1.54, 1.807) is 30.0 Å². The molecule has 3 N–H and O–H groups in total. The molecule has 0 saturated carbocycles. The third-order valence-electron chi connectivity index (χ3n) is 2.47. The summed E-state index contributed by atoms with van der Waals surface area (Å²) in [5.74, 6) is 0. The molecule has 0 radical (unpaired) electrons. The number of rotatable bonds is 5. The first-order chi connectivity index (χ1) is 8.88. The molecule has 0 heterocycles. The van der Waals surface area contributed by atoms with Crippen molar-refractivity contribution in [3.05, 3.63) is 29.8 Å². The fourth-order valence-corrected chi connectivity index (χ4v) is 2.16. The average Bonchev–Trinajstić information content (AvgIpc) is 2.36. The molecule has 0 fully saturated rings. The van der Waals surface area contributed by atoms with E-state index in [9.17, 15) is 13.2 Å². The van der Waals surface area contributed by atoms with Crippen molar-refractivity contribution in [3.8, 4) is 0 Å². The van der Waals surface area contributed by atoms with Crippen molar-refractivity contribution in [2.75, 3.05) is 18.9 Å². The van der Waals surface area contributed by atoms with Crippen molar-refractivity contribution < 1.29 is 17.9 Å². The summed E-state index contributed by atoms with van der Waals surface area (Å²) in [6.45, 7) is 1.94. The van der Waals surface area contributed by atoms with Crippen LogP contribution in [0.2, 0.25) is 0 Å². The molecule has 1 atom stereocenters. The first-order valence-electron chi connectivity index (χ1n) is 5.53. The lowest BCUT2D eigenvalue weighted by atomic mass is 10.1. The van der Waals surface area contributed by atoms with Crippen molar-refractivity contribution in [2.24, 2.45) is 0 Å². The van der Waals surface area contributed by atoms with E-state index in [0.717, 1.165) is 12.7 Å². The highest BCUT2D eigenvalue weighted by atomic mass is 32.2. The Balaban J connectivity index is 2.85. The SMILES string of the molecule is CNC(C)c1cccc(NS(=O)(=O)NC(=O)OC)c1. The maximum Gasteiger partial charge on any atom is 0.422 e. The van der Waals surface area contributed by atoms with E-state index >= 15 is 0 Å². The third kappa shape index (κ3) is 4.76. The van der Waals surface area contributed by atoms with Crippen LogP contribution < -0.4 is 14.8 Å². The lowest BCUT2D eigenvalue weighted by molar-refractivity contribution is 0.177. The van der Waals surface area contributed by atoms with E-state index in [4.69, 9.17) is 0 Å². The second kappa shape index (κ2) is 6.39. The van der Waals surface area contributed by atoms with Gasteiger partial charge in [-0.05, 0) is 31.7 Å². The molecule has 0 saturated heterocycles. The summed E-state index contributed by atoms with van der Waals surface area (Å²) in [4.78, 5) is 10.9. The van der Waals surface area contributed by atoms with Crippen LogP contribution in [0.25, 0.3) is 0 Å². The second-order valence-electron chi connectivity index (χ2n) is 3.83. The molecular weight excluding hydrogens is 270 g/mol. The summed E-state index contributed by atoms with van der Waals surface area (Å²) in [6.07, 6.45) is -1.05. The van der Waals surface area contributed by atoms with Gasteiger partial charge in [-0.2, -0.15) is 8.42 Å². The first kappa shape index (κ1) is 15.3. The molecule has 0 bridgehead atoms. The first-order valence-corrected chi connectivity index (χ1v) is 7.02. The van der Waals surface area contributed by atoms with Crippen LogP contribution in [0.4, 0.5) is 10.5 Å². The van der Waals surface area contributed by atoms with E-state index in [1.807, 2.05) is 13.0 Å². The molecule has 7 nitrogen and oxygen atoms in total. The number of methoxy groups -OCH3 is 1. The predicted octanol–water partition coefficient (Wildman–Crippen LogP) is 0.980. The van der Waals surface area contributed by atoms with Crippen molar-refractivity contribution in [1.82, 2.24) is 10.0 Å². The lowest BCUT2D eigenvalue weighted by Crippen LogP contribution is -2.35. The van der Waals surface area contributed by atoms with E-state index in [1.165, 1.54) is 0 Å². The molecule has 19 heavy (non-hydrogen) atoms. The van der Waals surface area contributed by atoms with Crippen LogP contribution in [-0.4, -0.2) is 28.7 Å². The zero-order chi connectivity index (χ0) is 14.5. The number of benzene rings is 1. The summed E-state index contributed by atoms with van der Waals surface area (Å²) in [6, 6.07) is 6.93. The molecule has 1 amide bonds. The van der Waals surface area contributed by atoms with Gasteiger partial charge in [-0.1, -0.05) is 12.1 Å². The normalized spacial score (nSPS) is 12.6. The van der Waals surface area contributed by atoms with Gasteiger partial charge in [0.25, 0.3) is 0 Å². The summed E-state index contributed by atoms with van der Waals surface area (Å²) in [5, 5.41) is 3.05. The Morgan fingerprint density at radius 2 is 2.05 bits per heavy atom. The number of hydrogen-bond donors (Lipinski definition) is 3. The molecule has 1 aromatic carbocycles. The third-order valence-corrected chi connectivity index (χ3v) is 3.41. The van der Waals surface area contributed by atoms with E-state index in [-0.39, 0.29) is 6.04 Å². The van der Waals surface area contributed by atoms with E-state index in [2.05, 4.69) is 14.8 Å². The number of carbonyl (C=O) groups is 1. The Labute approximate surface area is 112 Å². The molecule has 106 valence electrons. The molecular formula is C11H17N3O4S. The van der Waals surface area contributed by atoms with Crippen molar-refractivity contribution in [2.45, 2.75) is 13.0 Å². The van der Waals surface area contributed by atoms with Crippen LogP contribution in [0.15, 0.2) is 24.3 Å². The van der Waals surface area contributed by atoms with Crippen LogP contribution in [0.1, 0.15) is 18.5 Å². The average molecular weight is 287 g/mol. The van der Waals surface area contributed by atoms with E-state index < -0.39 is 16.3 Å². The van der Waals surface area contributed by atoms with Gasteiger partial charge >= 0.3 is 16.3 Å². The molecule has 8 heteroatoms. The number of ether oxygens (including phenoxy) is 1. The predicted molar refractivity (Wildman–Crippen MR) is 72.0 cm³/mol. The highest BCUT2D eigenvalue weighted by molar-refractivity contribution is 7.91. The van der Waals surface area contributed by atoms with Crippen LogP contribution in [0, 0.1) is 0 Å². The summed E-state index contributed by atoms with van der Waals surface area (Å²) in [5.41, 5.74) is 1.27. The molecule has 0 aliphatic rings. The van der Waals surface area contributed by atoms with Gasteiger partial charge in [-0.3, -0.25) is 4.72 Å². The fourth-order valence-electron chi connectivity index (χ4n) is 1.37. The van der Waals surface area contributed by atoms with Gasteiger partial charge in [0.15, 0.2) is 0 Å². The fraction of sp³-hybridized carbons (Fsp3) is 0.364. The zero-order valence-corrected chi connectivity index (χ0v) is 11.7. The van der Waals surface area contributed by atoms with Crippen molar-refractivity contribution in [1.29, 1.82) is 0 Å². The summed E-state index contributed by atoms with van der Waals surface area (Å²) < 4.78 is 31.3. The molecule has 1 aromatic rings. The minimum Gasteiger partial charge on any atom is -0.452 e. The van der Waals surface area contributed by atoms with Gasteiger partial charge < -0.3 is 10.1 Å². The lowest BCUT2D eigenvalue weighted by Gasteiger charge is -2.13. The van der Waals surface area contributed by atoms with Gasteiger partial charge in [0.1, 0.15) is 0 Å². The Morgan fingerprint density at radius 3 is 2.63 bits per heavy atom. The van der Waals surface area contributed by atoms with Crippen molar-refractivity contribution >= 4 is 22.0 Å². The van der Waals surface area contributed by atoms with Crippen LogP contribution >= 0.6 is 0 Å².